The lowest BCUT2D eigenvalue weighted by molar-refractivity contribution is -0.118. The Hall–Kier alpha value is -1.59. The fraction of sp³-hybridized carbons (Fsp3) is 0.562. The SMILES string of the molecule is COc1cc(CN(C)C)ccc1CNCCCNC(C)=O. The van der Waals surface area contributed by atoms with E-state index in [1.165, 1.54) is 12.5 Å². The Balaban J connectivity index is 2.42. The predicted octanol–water partition coefficient (Wildman–Crippen LogP) is 1.37. The van der Waals surface area contributed by atoms with Gasteiger partial charge in [0, 0.05) is 32.1 Å². The molecule has 0 atom stereocenters. The maximum atomic E-state index is 10.7. The summed E-state index contributed by atoms with van der Waals surface area (Å²) in [7, 11) is 5.81. The van der Waals surface area contributed by atoms with Gasteiger partial charge in [-0.15, -0.1) is 0 Å². The molecule has 0 unspecified atom stereocenters. The van der Waals surface area contributed by atoms with Crippen molar-refractivity contribution in [3.8, 4) is 5.75 Å². The van der Waals surface area contributed by atoms with Crippen LogP contribution in [0.3, 0.4) is 0 Å². The Morgan fingerprint density at radius 3 is 2.67 bits per heavy atom. The summed E-state index contributed by atoms with van der Waals surface area (Å²) in [5.74, 6) is 0.942. The molecule has 1 aromatic rings. The average molecular weight is 293 g/mol. The van der Waals surface area contributed by atoms with Gasteiger partial charge in [-0.2, -0.15) is 0 Å². The minimum absolute atomic E-state index is 0.0214. The van der Waals surface area contributed by atoms with Crippen molar-refractivity contribution in [1.29, 1.82) is 0 Å². The smallest absolute Gasteiger partial charge is 0.216 e. The van der Waals surface area contributed by atoms with Crippen molar-refractivity contribution < 1.29 is 9.53 Å². The predicted molar refractivity (Wildman–Crippen MR) is 85.4 cm³/mol. The molecule has 21 heavy (non-hydrogen) atoms. The first-order chi connectivity index (χ1) is 10.0. The summed E-state index contributed by atoms with van der Waals surface area (Å²) < 4.78 is 5.46. The zero-order valence-corrected chi connectivity index (χ0v) is 13.5. The molecule has 0 saturated heterocycles. The first kappa shape index (κ1) is 17.5. The quantitative estimate of drug-likeness (QED) is 0.675. The molecule has 0 aliphatic heterocycles. The summed E-state index contributed by atoms with van der Waals surface area (Å²) in [6.07, 6.45) is 0.917. The zero-order valence-electron chi connectivity index (χ0n) is 13.5. The Morgan fingerprint density at radius 1 is 1.29 bits per heavy atom. The maximum Gasteiger partial charge on any atom is 0.216 e. The minimum Gasteiger partial charge on any atom is -0.496 e. The van der Waals surface area contributed by atoms with Crippen LogP contribution in [0.15, 0.2) is 18.2 Å². The van der Waals surface area contributed by atoms with Gasteiger partial charge in [0.1, 0.15) is 5.75 Å². The lowest BCUT2D eigenvalue weighted by Crippen LogP contribution is -2.25. The van der Waals surface area contributed by atoms with Crippen molar-refractivity contribution in [3.63, 3.8) is 0 Å². The summed E-state index contributed by atoms with van der Waals surface area (Å²) >= 11 is 0. The number of carbonyl (C=O) groups excluding carboxylic acids is 1. The highest BCUT2D eigenvalue weighted by atomic mass is 16.5. The Bertz CT molecular complexity index is 447. The number of hydrogen-bond donors (Lipinski definition) is 2. The summed E-state index contributed by atoms with van der Waals surface area (Å²) in [6.45, 7) is 4.78. The van der Waals surface area contributed by atoms with Crippen LogP contribution < -0.4 is 15.4 Å². The van der Waals surface area contributed by atoms with Gasteiger partial charge in [0.25, 0.3) is 0 Å². The molecule has 1 rings (SSSR count). The molecule has 5 heteroatoms. The molecule has 5 nitrogen and oxygen atoms in total. The average Bonchev–Trinajstić information content (AvgIpc) is 2.42. The molecule has 0 aliphatic carbocycles. The first-order valence-electron chi connectivity index (χ1n) is 7.28. The van der Waals surface area contributed by atoms with Gasteiger partial charge < -0.3 is 20.3 Å². The van der Waals surface area contributed by atoms with Crippen LogP contribution in [-0.4, -0.2) is 45.1 Å². The van der Waals surface area contributed by atoms with Crippen LogP contribution in [0.4, 0.5) is 0 Å². The van der Waals surface area contributed by atoms with E-state index in [0.717, 1.165) is 37.4 Å². The monoisotopic (exact) mass is 293 g/mol. The van der Waals surface area contributed by atoms with Gasteiger partial charge in [0.2, 0.25) is 5.91 Å². The number of hydrogen-bond acceptors (Lipinski definition) is 4. The molecule has 2 N–H and O–H groups in total. The van der Waals surface area contributed by atoms with Gasteiger partial charge in [0.15, 0.2) is 0 Å². The fourth-order valence-corrected chi connectivity index (χ4v) is 2.10. The highest BCUT2D eigenvalue weighted by molar-refractivity contribution is 5.72. The largest absolute Gasteiger partial charge is 0.496 e. The van der Waals surface area contributed by atoms with Gasteiger partial charge in [-0.1, -0.05) is 12.1 Å². The number of amides is 1. The highest BCUT2D eigenvalue weighted by Crippen LogP contribution is 2.20. The lowest BCUT2D eigenvalue weighted by atomic mass is 10.1. The van der Waals surface area contributed by atoms with E-state index < -0.39 is 0 Å². The Morgan fingerprint density at radius 2 is 2.05 bits per heavy atom. The number of nitrogens with one attached hydrogen (secondary N) is 2. The number of nitrogens with zero attached hydrogens (tertiary/aromatic N) is 1. The normalized spacial score (nSPS) is 10.7. The summed E-state index contributed by atoms with van der Waals surface area (Å²) in [6, 6.07) is 6.34. The lowest BCUT2D eigenvalue weighted by Gasteiger charge is -2.14. The second kappa shape index (κ2) is 9.37. The molecule has 0 radical (unpaired) electrons. The molecule has 1 amide bonds. The molecule has 0 fully saturated rings. The number of ether oxygens (including phenoxy) is 1. The molecule has 118 valence electrons. The second-order valence-corrected chi connectivity index (χ2v) is 5.40. The van der Waals surface area contributed by atoms with E-state index in [1.54, 1.807) is 7.11 Å². The van der Waals surface area contributed by atoms with Crippen LogP contribution in [0.1, 0.15) is 24.5 Å². The topological polar surface area (TPSA) is 53.6 Å². The summed E-state index contributed by atoms with van der Waals surface area (Å²) in [5.41, 5.74) is 2.39. The standard InChI is InChI=1S/C16H27N3O2/c1-13(20)18-9-5-8-17-11-15-7-6-14(12-19(2)3)10-16(15)21-4/h6-7,10,17H,5,8-9,11-12H2,1-4H3,(H,18,20). The third-order valence-corrected chi connectivity index (χ3v) is 3.07. The molecule has 0 bridgehead atoms. The Labute approximate surface area is 127 Å². The van der Waals surface area contributed by atoms with E-state index in [9.17, 15) is 4.79 Å². The molecular weight excluding hydrogens is 266 g/mol. The van der Waals surface area contributed by atoms with Gasteiger partial charge in [-0.25, -0.2) is 0 Å². The second-order valence-electron chi connectivity index (χ2n) is 5.40. The fourth-order valence-electron chi connectivity index (χ4n) is 2.10. The van der Waals surface area contributed by atoms with Crippen LogP contribution in [-0.2, 0) is 17.9 Å². The van der Waals surface area contributed by atoms with E-state index in [2.05, 4.69) is 47.8 Å². The van der Waals surface area contributed by atoms with E-state index >= 15 is 0 Å². The van der Waals surface area contributed by atoms with E-state index in [1.807, 2.05) is 0 Å². The molecule has 0 aromatic heterocycles. The van der Waals surface area contributed by atoms with Crippen LogP contribution in [0, 0.1) is 0 Å². The van der Waals surface area contributed by atoms with Crippen molar-refractivity contribution >= 4 is 5.91 Å². The third-order valence-electron chi connectivity index (χ3n) is 3.07. The molecule has 0 aliphatic rings. The van der Waals surface area contributed by atoms with E-state index in [-0.39, 0.29) is 5.91 Å². The van der Waals surface area contributed by atoms with Crippen molar-refractivity contribution in [2.24, 2.45) is 0 Å². The minimum atomic E-state index is 0.0214. The van der Waals surface area contributed by atoms with Crippen LogP contribution in [0.5, 0.6) is 5.75 Å². The first-order valence-corrected chi connectivity index (χ1v) is 7.28. The van der Waals surface area contributed by atoms with E-state index in [4.69, 9.17) is 4.74 Å². The van der Waals surface area contributed by atoms with Crippen molar-refractivity contribution in [2.45, 2.75) is 26.4 Å². The van der Waals surface area contributed by atoms with Gasteiger partial charge in [0.05, 0.1) is 7.11 Å². The van der Waals surface area contributed by atoms with E-state index in [0.29, 0.717) is 6.54 Å². The summed E-state index contributed by atoms with van der Waals surface area (Å²) in [4.78, 5) is 12.9. The third kappa shape index (κ3) is 7.11. The van der Waals surface area contributed by atoms with Gasteiger partial charge >= 0.3 is 0 Å². The summed E-state index contributed by atoms with van der Waals surface area (Å²) in [5, 5.41) is 6.15. The number of benzene rings is 1. The molecule has 0 spiro atoms. The Kier molecular flexibility index (Phi) is 7.79. The van der Waals surface area contributed by atoms with Crippen molar-refractivity contribution in [1.82, 2.24) is 15.5 Å². The highest BCUT2D eigenvalue weighted by Gasteiger charge is 2.05. The number of rotatable bonds is 9. The number of carbonyl (C=O) groups is 1. The molecular formula is C16H27N3O2. The van der Waals surface area contributed by atoms with Crippen LogP contribution in [0.25, 0.3) is 0 Å². The van der Waals surface area contributed by atoms with Crippen LogP contribution >= 0.6 is 0 Å². The molecule has 1 aromatic carbocycles. The van der Waals surface area contributed by atoms with Gasteiger partial charge in [-0.05, 0) is 38.7 Å². The van der Waals surface area contributed by atoms with Crippen molar-refractivity contribution in [2.75, 3.05) is 34.3 Å². The number of methoxy groups -OCH3 is 1. The van der Waals surface area contributed by atoms with Crippen LogP contribution in [0.2, 0.25) is 0 Å². The van der Waals surface area contributed by atoms with Crippen molar-refractivity contribution in [3.05, 3.63) is 29.3 Å². The van der Waals surface area contributed by atoms with Gasteiger partial charge in [-0.3, -0.25) is 4.79 Å². The molecule has 0 saturated carbocycles. The molecule has 0 heterocycles. The zero-order chi connectivity index (χ0) is 15.7. The maximum absolute atomic E-state index is 10.7.